The summed E-state index contributed by atoms with van der Waals surface area (Å²) in [5.74, 6) is 0. The van der Waals surface area contributed by atoms with Gasteiger partial charge in [-0.3, -0.25) is 19.0 Å². The highest BCUT2D eigenvalue weighted by atomic mass is 19.3. The lowest BCUT2D eigenvalue weighted by molar-refractivity contribution is -0.158. The molecule has 4 aromatic rings. The van der Waals surface area contributed by atoms with Crippen molar-refractivity contribution in [2.75, 3.05) is 39.5 Å². The largest absolute Gasteiger partial charge is 0.381 e. The molecular formula is C29H34F2N6O4. The zero-order valence-electron chi connectivity index (χ0n) is 23.2. The SMILES string of the molecule is C[C@@H](OCCN1CC[C@H](OC(F)F)C1)c1ccc(-c2ccc3nnc4c(c3c2)n(C2CCOCC2)c(=O)n4C)cn1. The zero-order valence-corrected chi connectivity index (χ0v) is 23.2. The van der Waals surface area contributed by atoms with E-state index >= 15 is 0 Å². The van der Waals surface area contributed by atoms with Crippen LogP contribution in [-0.2, 0) is 21.3 Å². The van der Waals surface area contributed by atoms with Gasteiger partial charge in [0.15, 0.2) is 5.65 Å². The van der Waals surface area contributed by atoms with E-state index in [2.05, 4.69) is 30.9 Å². The van der Waals surface area contributed by atoms with Crippen molar-refractivity contribution in [1.29, 1.82) is 0 Å². The first-order valence-electron chi connectivity index (χ1n) is 14.1. The van der Waals surface area contributed by atoms with E-state index in [4.69, 9.17) is 9.47 Å². The molecule has 1 aromatic carbocycles. The van der Waals surface area contributed by atoms with E-state index in [1.807, 2.05) is 42.0 Å². The molecule has 3 aromatic heterocycles. The molecule has 218 valence electrons. The minimum Gasteiger partial charge on any atom is -0.381 e. The van der Waals surface area contributed by atoms with E-state index in [1.54, 1.807) is 11.6 Å². The molecule has 12 heteroatoms. The zero-order chi connectivity index (χ0) is 28.5. The van der Waals surface area contributed by atoms with Gasteiger partial charge in [0.2, 0.25) is 0 Å². The lowest BCUT2D eigenvalue weighted by Crippen LogP contribution is -2.29. The number of aryl methyl sites for hydroxylation is 1. The summed E-state index contributed by atoms with van der Waals surface area (Å²) < 4.78 is 44.4. The number of benzene rings is 1. The van der Waals surface area contributed by atoms with Crippen LogP contribution in [0.3, 0.4) is 0 Å². The number of alkyl halides is 2. The van der Waals surface area contributed by atoms with Crippen molar-refractivity contribution < 1.29 is 23.0 Å². The fraction of sp³-hybridized carbons (Fsp3) is 0.517. The molecule has 41 heavy (non-hydrogen) atoms. The third-order valence-electron chi connectivity index (χ3n) is 8.16. The average Bonchev–Trinajstić information content (AvgIpc) is 3.53. The summed E-state index contributed by atoms with van der Waals surface area (Å²) >= 11 is 0. The number of imidazole rings is 1. The van der Waals surface area contributed by atoms with Crippen molar-refractivity contribution in [3.05, 3.63) is 52.7 Å². The number of pyridine rings is 1. The van der Waals surface area contributed by atoms with Crippen molar-refractivity contribution in [2.24, 2.45) is 7.05 Å². The molecule has 5 heterocycles. The van der Waals surface area contributed by atoms with Crippen LogP contribution in [0.4, 0.5) is 8.78 Å². The van der Waals surface area contributed by atoms with E-state index in [1.165, 1.54) is 0 Å². The molecule has 0 N–H and O–H groups in total. The number of aromatic nitrogens is 5. The Balaban J connectivity index is 1.18. The molecule has 10 nitrogen and oxygen atoms in total. The van der Waals surface area contributed by atoms with Crippen LogP contribution < -0.4 is 5.69 Å². The number of ether oxygens (including phenoxy) is 3. The van der Waals surface area contributed by atoms with Crippen LogP contribution in [0.5, 0.6) is 0 Å². The van der Waals surface area contributed by atoms with Crippen LogP contribution in [0.25, 0.3) is 33.2 Å². The van der Waals surface area contributed by atoms with Crippen molar-refractivity contribution >= 4 is 22.1 Å². The maximum absolute atomic E-state index is 13.2. The normalized spacial score (nSPS) is 19.6. The van der Waals surface area contributed by atoms with Crippen LogP contribution in [0, 0.1) is 0 Å². The monoisotopic (exact) mass is 568 g/mol. The van der Waals surface area contributed by atoms with Crippen LogP contribution in [-0.4, -0.2) is 81.4 Å². The highest BCUT2D eigenvalue weighted by Gasteiger charge is 2.26. The molecule has 0 aliphatic carbocycles. The van der Waals surface area contributed by atoms with Gasteiger partial charge in [0.25, 0.3) is 0 Å². The maximum Gasteiger partial charge on any atom is 0.345 e. The molecular weight excluding hydrogens is 534 g/mol. The summed E-state index contributed by atoms with van der Waals surface area (Å²) in [7, 11) is 1.74. The number of fused-ring (bicyclic) bond motifs is 3. The highest BCUT2D eigenvalue weighted by Crippen LogP contribution is 2.31. The molecule has 0 unspecified atom stereocenters. The summed E-state index contributed by atoms with van der Waals surface area (Å²) in [4.78, 5) is 20.0. The predicted molar refractivity (Wildman–Crippen MR) is 149 cm³/mol. The molecule has 6 rings (SSSR count). The Labute approximate surface area is 235 Å². The molecule has 2 aliphatic heterocycles. The third-order valence-corrected chi connectivity index (χ3v) is 8.16. The number of hydrogen-bond donors (Lipinski definition) is 0. The number of hydrogen-bond acceptors (Lipinski definition) is 8. The molecule has 0 radical (unpaired) electrons. The van der Waals surface area contributed by atoms with E-state index in [0.717, 1.165) is 52.6 Å². The van der Waals surface area contributed by atoms with Gasteiger partial charge in [-0.25, -0.2) is 4.79 Å². The first kappa shape index (κ1) is 27.8. The van der Waals surface area contributed by atoms with Crippen molar-refractivity contribution in [3.63, 3.8) is 0 Å². The molecule has 0 saturated carbocycles. The predicted octanol–water partition coefficient (Wildman–Crippen LogP) is 4.09. The molecule has 0 bridgehead atoms. The van der Waals surface area contributed by atoms with Crippen LogP contribution in [0.1, 0.15) is 44.0 Å². The van der Waals surface area contributed by atoms with Gasteiger partial charge in [-0.1, -0.05) is 12.1 Å². The number of halogens is 2. The minimum atomic E-state index is -2.73. The summed E-state index contributed by atoms with van der Waals surface area (Å²) in [5, 5.41) is 9.65. The molecule has 2 atom stereocenters. The Morgan fingerprint density at radius 2 is 1.90 bits per heavy atom. The van der Waals surface area contributed by atoms with Crippen molar-refractivity contribution in [2.45, 2.75) is 51.0 Å². The van der Waals surface area contributed by atoms with E-state index in [0.29, 0.717) is 45.0 Å². The summed E-state index contributed by atoms with van der Waals surface area (Å²) in [6.07, 6.45) is 3.35. The number of rotatable bonds is 9. The highest BCUT2D eigenvalue weighted by molar-refractivity contribution is 6.02. The van der Waals surface area contributed by atoms with Crippen LogP contribution >= 0.6 is 0 Å². The third kappa shape index (κ3) is 5.74. The fourth-order valence-electron chi connectivity index (χ4n) is 5.87. The fourth-order valence-corrected chi connectivity index (χ4v) is 5.87. The van der Waals surface area contributed by atoms with Gasteiger partial charge in [-0.2, -0.15) is 8.78 Å². The number of nitrogens with zero attached hydrogens (tertiary/aromatic N) is 6. The van der Waals surface area contributed by atoms with Gasteiger partial charge in [-0.05, 0) is 49.9 Å². The summed E-state index contributed by atoms with van der Waals surface area (Å²) in [5.41, 5.74) is 4.70. The van der Waals surface area contributed by atoms with Crippen molar-refractivity contribution in [3.8, 4) is 11.1 Å². The standard InChI is InChI=1S/C29H34F2N6O4/c1-18(40-14-11-36-10-7-22(17-36)41-28(30)31)24-5-4-20(16-32-24)19-3-6-25-23(15-19)26-27(34-33-25)35(2)29(38)37(26)21-8-12-39-13-9-21/h3-6,15-16,18,21-22,28H,7-14,17H2,1-2H3/t18-,22+/m1/s1. The second kappa shape index (κ2) is 11.9. The van der Waals surface area contributed by atoms with Crippen molar-refractivity contribution in [1.82, 2.24) is 29.2 Å². The minimum absolute atomic E-state index is 0.0521. The lowest BCUT2D eigenvalue weighted by Gasteiger charge is -2.23. The van der Waals surface area contributed by atoms with E-state index in [-0.39, 0.29) is 17.8 Å². The van der Waals surface area contributed by atoms with E-state index in [9.17, 15) is 13.6 Å². The smallest absolute Gasteiger partial charge is 0.345 e. The maximum atomic E-state index is 13.2. The van der Waals surface area contributed by atoms with Crippen LogP contribution in [0.15, 0.2) is 41.3 Å². The van der Waals surface area contributed by atoms with Gasteiger partial charge in [0, 0.05) is 63.1 Å². The summed E-state index contributed by atoms with van der Waals surface area (Å²) in [6, 6.07) is 9.99. The van der Waals surface area contributed by atoms with E-state index < -0.39 is 12.7 Å². The Kier molecular flexibility index (Phi) is 8.07. The Bertz CT molecular complexity index is 1570. The molecule has 2 fully saturated rings. The Morgan fingerprint density at radius 3 is 2.66 bits per heavy atom. The molecule has 2 saturated heterocycles. The average molecular weight is 569 g/mol. The van der Waals surface area contributed by atoms with Crippen LogP contribution in [0.2, 0.25) is 0 Å². The Hall–Kier alpha value is -3.32. The van der Waals surface area contributed by atoms with Gasteiger partial charge in [-0.15, -0.1) is 10.2 Å². The Morgan fingerprint density at radius 1 is 1.10 bits per heavy atom. The molecule has 0 amide bonds. The second-order valence-electron chi connectivity index (χ2n) is 10.8. The lowest BCUT2D eigenvalue weighted by atomic mass is 10.0. The summed E-state index contributed by atoms with van der Waals surface area (Å²) in [6.45, 7) is 2.82. The number of likely N-dealkylation sites (tertiary alicyclic amines) is 1. The van der Waals surface area contributed by atoms with Gasteiger partial charge in [0.05, 0.1) is 30.0 Å². The molecule has 2 aliphatic rings. The van der Waals surface area contributed by atoms with Gasteiger partial charge < -0.3 is 14.2 Å². The molecule has 0 spiro atoms. The first-order valence-corrected chi connectivity index (χ1v) is 14.1. The van der Waals surface area contributed by atoms with Gasteiger partial charge in [0.1, 0.15) is 5.52 Å². The second-order valence-corrected chi connectivity index (χ2v) is 10.8. The quantitative estimate of drug-likeness (QED) is 0.298. The first-order chi connectivity index (χ1) is 19.9. The topological polar surface area (TPSA) is 96.5 Å². The van der Waals surface area contributed by atoms with Gasteiger partial charge >= 0.3 is 12.3 Å².